The zero-order valence-electron chi connectivity index (χ0n) is 17.7. The van der Waals surface area contributed by atoms with E-state index in [4.69, 9.17) is 9.57 Å². The molecule has 0 radical (unpaired) electrons. The molecule has 150 valence electrons. The predicted octanol–water partition coefficient (Wildman–Crippen LogP) is 5.39. The largest absolute Gasteiger partial charge is 0.494 e. The highest BCUT2D eigenvalue weighted by molar-refractivity contribution is 6.24. The maximum atomic E-state index is 6.01. The van der Waals surface area contributed by atoms with E-state index < -0.39 is 0 Å². The first-order valence-corrected chi connectivity index (χ1v) is 10.2. The Hall–Kier alpha value is -2.33. The van der Waals surface area contributed by atoms with Crippen molar-refractivity contribution in [1.29, 1.82) is 0 Å². The molecule has 2 aromatic rings. The molecule has 0 saturated heterocycles. The molecule has 3 rings (SSSR count). The van der Waals surface area contributed by atoms with Crippen LogP contribution in [0.15, 0.2) is 47.6 Å². The number of ether oxygens (including phenoxy) is 1. The third-order valence-corrected chi connectivity index (χ3v) is 4.52. The minimum absolute atomic E-state index is 0.331. The number of oxime groups is 1. The van der Waals surface area contributed by atoms with Crippen molar-refractivity contribution in [3.05, 3.63) is 53.6 Å². The Kier molecular flexibility index (Phi) is 6.40. The Bertz CT molecular complexity index is 835. The van der Waals surface area contributed by atoms with E-state index >= 15 is 0 Å². The smallest absolute Gasteiger partial charge is 0.129 e. The Morgan fingerprint density at radius 3 is 2.36 bits per heavy atom. The second kappa shape index (κ2) is 8.78. The van der Waals surface area contributed by atoms with Gasteiger partial charge in [0.25, 0.3) is 0 Å². The first-order chi connectivity index (χ1) is 13.3. The van der Waals surface area contributed by atoms with Crippen molar-refractivity contribution >= 4 is 5.71 Å². The van der Waals surface area contributed by atoms with Crippen LogP contribution in [-0.4, -0.2) is 30.5 Å². The third kappa shape index (κ3) is 5.14. The van der Waals surface area contributed by atoms with Gasteiger partial charge in [0.2, 0.25) is 0 Å². The lowest BCUT2D eigenvalue weighted by Gasteiger charge is -2.16. The normalized spacial score (nSPS) is 14.3. The number of rotatable bonds is 8. The minimum Gasteiger partial charge on any atom is -0.494 e. The van der Waals surface area contributed by atoms with Crippen LogP contribution in [-0.2, 0) is 4.84 Å². The highest BCUT2D eigenvalue weighted by Gasteiger charge is 2.26. The van der Waals surface area contributed by atoms with Gasteiger partial charge in [-0.1, -0.05) is 43.3 Å². The highest BCUT2D eigenvalue weighted by atomic mass is 16.6. The highest BCUT2D eigenvalue weighted by Crippen LogP contribution is 2.39. The van der Waals surface area contributed by atoms with E-state index in [0.29, 0.717) is 6.04 Å². The summed E-state index contributed by atoms with van der Waals surface area (Å²) in [6.45, 7) is 12.1. The van der Waals surface area contributed by atoms with Gasteiger partial charge < -0.3 is 14.9 Å². The molecule has 1 aliphatic carbocycles. The molecular formula is C24H32N2O2. The van der Waals surface area contributed by atoms with Crippen LogP contribution in [0.5, 0.6) is 5.75 Å². The first kappa shape index (κ1) is 20.4. The lowest BCUT2D eigenvalue weighted by molar-refractivity contribution is 0.00121. The van der Waals surface area contributed by atoms with Gasteiger partial charge in [-0.05, 0) is 69.5 Å². The number of fused-ring (bicyclic) bond motifs is 3. The van der Waals surface area contributed by atoms with Crippen molar-refractivity contribution in [3.8, 4) is 16.9 Å². The van der Waals surface area contributed by atoms with E-state index in [2.05, 4.69) is 60.7 Å². The van der Waals surface area contributed by atoms with Gasteiger partial charge in [-0.25, -0.2) is 0 Å². The Labute approximate surface area is 168 Å². The summed E-state index contributed by atoms with van der Waals surface area (Å²) in [7, 11) is 0. The van der Waals surface area contributed by atoms with E-state index in [1.165, 1.54) is 11.1 Å². The molecule has 4 heteroatoms. The third-order valence-electron chi connectivity index (χ3n) is 4.52. The zero-order valence-corrected chi connectivity index (χ0v) is 17.7. The fraction of sp³-hybridized carbons (Fsp3) is 0.458. The van der Waals surface area contributed by atoms with Gasteiger partial charge in [0, 0.05) is 17.2 Å². The number of hydrogen-bond acceptors (Lipinski definition) is 4. The van der Waals surface area contributed by atoms with Gasteiger partial charge in [0.15, 0.2) is 0 Å². The van der Waals surface area contributed by atoms with Crippen LogP contribution >= 0.6 is 0 Å². The Morgan fingerprint density at radius 2 is 1.64 bits per heavy atom. The minimum atomic E-state index is -0.331. The van der Waals surface area contributed by atoms with Crippen LogP contribution in [0.25, 0.3) is 11.1 Å². The van der Waals surface area contributed by atoms with Crippen LogP contribution in [0, 0.1) is 0 Å². The van der Waals surface area contributed by atoms with Gasteiger partial charge in [-0.2, -0.15) is 0 Å². The molecule has 0 aliphatic heterocycles. The Morgan fingerprint density at radius 1 is 0.929 bits per heavy atom. The maximum absolute atomic E-state index is 6.01. The zero-order chi connectivity index (χ0) is 20.1. The lowest BCUT2D eigenvalue weighted by Crippen LogP contribution is -2.23. The number of hydrogen-bond donors (Lipinski definition) is 1. The van der Waals surface area contributed by atoms with Gasteiger partial charge >= 0.3 is 0 Å². The van der Waals surface area contributed by atoms with Crippen molar-refractivity contribution in [3.63, 3.8) is 0 Å². The molecule has 0 amide bonds. The molecule has 28 heavy (non-hydrogen) atoms. The quantitative estimate of drug-likeness (QED) is 0.421. The summed E-state index contributed by atoms with van der Waals surface area (Å²) < 4.78 is 6.01. The van der Waals surface area contributed by atoms with Crippen molar-refractivity contribution < 1.29 is 9.57 Å². The second-order valence-electron chi connectivity index (χ2n) is 8.56. The molecule has 1 N–H and O–H groups in total. The molecule has 1 aliphatic rings. The summed E-state index contributed by atoms with van der Waals surface area (Å²) in [5, 5.41) is 7.94. The summed E-state index contributed by atoms with van der Waals surface area (Å²) in [6.07, 6.45) is 2.14. The van der Waals surface area contributed by atoms with E-state index in [1.807, 2.05) is 26.8 Å². The standard InChI is InChI=1S/C24H32N2O2/c1-17(2)25-14-8-9-15-27-18-12-13-20-19-10-6-7-11-21(19)23(22(20)16-18)26-28-24(3,4)5/h6-7,10-13,16-17,25H,8-9,14-15H2,1-5H3. The lowest BCUT2D eigenvalue weighted by atomic mass is 10.1. The fourth-order valence-corrected chi connectivity index (χ4v) is 3.20. The fourth-order valence-electron chi connectivity index (χ4n) is 3.20. The van der Waals surface area contributed by atoms with E-state index in [-0.39, 0.29) is 5.60 Å². The Balaban J connectivity index is 1.73. The van der Waals surface area contributed by atoms with Gasteiger partial charge in [0.1, 0.15) is 17.1 Å². The molecular weight excluding hydrogens is 348 g/mol. The molecule has 0 saturated carbocycles. The second-order valence-corrected chi connectivity index (χ2v) is 8.56. The summed E-state index contributed by atoms with van der Waals surface area (Å²) in [5.41, 5.74) is 5.11. The van der Waals surface area contributed by atoms with Crippen molar-refractivity contribution in [2.45, 2.75) is 59.1 Å². The van der Waals surface area contributed by atoms with E-state index in [1.54, 1.807) is 0 Å². The van der Waals surface area contributed by atoms with Gasteiger partial charge in [0.05, 0.1) is 6.61 Å². The van der Waals surface area contributed by atoms with Crippen molar-refractivity contribution in [2.24, 2.45) is 5.16 Å². The molecule has 0 aromatic heterocycles. The summed E-state index contributed by atoms with van der Waals surface area (Å²) in [6, 6.07) is 15.1. The molecule has 0 unspecified atom stereocenters. The topological polar surface area (TPSA) is 42.8 Å². The SMILES string of the molecule is CC(C)NCCCCOc1ccc2c(c1)C(=NOC(C)(C)C)c1ccccc1-2. The van der Waals surface area contributed by atoms with Crippen LogP contribution in [0.2, 0.25) is 0 Å². The summed E-state index contributed by atoms with van der Waals surface area (Å²) in [4.78, 5) is 5.75. The van der Waals surface area contributed by atoms with Crippen LogP contribution < -0.4 is 10.1 Å². The number of benzene rings is 2. The molecule has 0 bridgehead atoms. The molecule has 0 heterocycles. The van der Waals surface area contributed by atoms with Crippen molar-refractivity contribution in [2.75, 3.05) is 13.2 Å². The average Bonchev–Trinajstić information content (AvgIpc) is 2.95. The van der Waals surface area contributed by atoms with Crippen molar-refractivity contribution in [1.82, 2.24) is 5.32 Å². The molecule has 2 aromatic carbocycles. The van der Waals surface area contributed by atoms with E-state index in [0.717, 1.165) is 48.6 Å². The number of nitrogens with zero attached hydrogens (tertiary/aromatic N) is 1. The number of nitrogens with one attached hydrogen (secondary N) is 1. The van der Waals surface area contributed by atoms with Gasteiger partial charge in [-0.15, -0.1) is 0 Å². The predicted molar refractivity (Wildman–Crippen MR) is 116 cm³/mol. The summed E-state index contributed by atoms with van der Waals surface area (Å²) in [5.74, 6) is 0.881. The van der Waals surface area contributed by atoms with Crippen LogP contribution in [0.4, 0.5) is 0 Å². The van der Waals surface area contributed by atoms with Crippen LogP contribution in [0.3, 0.4) is 0 Å². The molecule has 0 fully saturated rings. The molecule has 0 atom stereocenters. The van der Waals surface area contributed by atoms with Gasteiger partial charge in [-0.3, -0.25) is 0 Å². The molecule has 4 nitrogen and oxygen atoms in total. The maximum Gasteiger partial charge on any atom is 0.129 e. The first-order valence-electron chi connectivity index (χ1n) is 10.2. The van der Waals surface area contributed by atoms with E-state index in [9.17, 15) is 0 Å². The van der Waals surface area contributed by atoms with Crippen LogP contribution in [0.1, 0.15) is 58.6 Å². The summed E-state index contributed by atoms with van der Waals surface area (Å²) >= 11 is 0. The number of unbranched alkanes of at least 4 members (excludes halogenated alkanes) is 1. The molecule has 0 spiro atoms. The monoisotopic (exact) mass is 380 g/mol. The average molecular weight is 381 g/mol.